The van der Waals surface area contributed by atoms with Gasteiger partial charge in [-0.25, -0.2) is 8.42 Å². The van der Waals surface area contributed by atoms with Crippen molar-refractivity contribution in [2.24, 2.45) is 0 Å². The summed E-state index contributed by atoms with van der Waals surface area (Å²) in [5.74, 6) is -0.517. The molecule has 2 aromatic carbocycles. The van der Waals surface area contributed by atoms with Crippen LogP contribution in [0.1, 0.15) is 15.9 Å². The molecule has 0 radical (unpaired) electrons. The Hall–Kier alpha value is -2.90. The van der Waals surface area contributed by atoms with Gasteiger partial charge in [-0.15, -0.1) is 0 Å². The lowest BCUT2D eigenvalue weighted by Gasteiger charge is -2.11. The lowest BCUT2D eigenvalue weighted by Crippen LogP contribution is -2.13. The zero-order chi connectivity index (χ0) is 20.1. The minimum atomic E-state index is -3.76. The fraction of sp³-hybridized carbons (Fsp3) is 0.100. The van der Waals surface area contributed by atoms with Crippen molar-refractivity contribution >= 4 is 33.0 Å². The van der Waals surface area contributed by atoms with E-state index in [0.717, 1.165) is 0 Å². The number of nitrogens with zero attached hydrogens (tertiary/aromatic N) is 1. The van der Waals surface area contributed by atoms with Gasteiger partial charge in [0.2, 0.25) is 0 Å². The molecule has 0 bridgehead atoms. The van der Waals surface area contributed by atoms with E-state index in [1.54, 1.807) is 30.3 Å². The second kappa shape index (κ2) is 8.41. The standard InChI is InChI=1S/C20H17ClN2O4S/c1-27-18-8-7-16(21)10-19(18)28(25,26)13-14-9-15(12-22-11-14)20(24)23-17-5-3-2-4-6-17/h2-12H,13H2,1H3,(H,23,24). The van der Waals surface area contributed by atoms with Gasteiger partial charge in [0.25, 0.3) is 5.91 Å². The number of benzene rings is 2. The first-order valence-corrected chi connectivity index (χ1v) is 10.3. The molecule has 1 heterocycles. The minimum Gasteiger partial charge on any atom is -0.495 e. The number of carbonyl (C=O) groups is 1. The second-order valence-electron chi connectivity index (χ2n) is 5.96. The van der Waals surface area contributed by atoms with Crippen LogP contribution in [-0.4, -0.2) is 26.4 Å². The zero-order valence-electron chi connectivity index (χ0n) is 14.9. The summed E-state index contributed by atoms with van der Waals surface area (Å²) in [4.78, 5) is 16.4. The highest BCUT2D eigenvalue weighted by Gasteiger charge is 2.21. The van der Waals surface area contributed by atoms with Crippen LogP contribution in [0.25, 0.3) is 0 Å². The quantitative estimate of drug-likeness (QED) is 0.657. The smallest absolute Gasteiger partial charge is 0.257 e. The number of halogens is 1. The minimum absolute atomic E-state index is 0.0124. The highest BCUT2D eigenvalue weighted by atomic mass is 35.5. The van der Waals surface area contributed by atoms with Gasteiger partial charge in [0.1, 0.15) is 10.6 Å². The van der Waals surface area contributed by atoms with E-state index in [0.29, 0.717) is 11.3 Å². The summed E-state index contributed by atoms with van der Waals surface area (Å²) in [6.45, 7) is 0. The van der Waals surface area contributed by atoms with E-state index in [2.05, 4.69) is 10.3 Å². The summed E-state index contributed by atoms with van der Waals surface area (Å²) < 4.78 is 30.8. The van der Waals surface area contributed by atoms with Gasteiger partial charge in [-0.3, -0.25) is 9.78 Å². The van der Waals surface area contributed by atoms with Gasteiger partial charge in [0.15, 0.2) is 9.84 Å². The number of aromatic nitrogens is 1. The maximum Gasteiger partial charge on any atom is 0.257 e. The molecular formula is C20H17ClN2O4S. The molecule has 1 aromatic heterocycles. The molecule has 3 aromatic rings. The Bertz CT molecular complexity index is 1100. The van der Waals surface area contributed by atoms with Crippen LogP contribution in [0.5, 0.6) is 5.75 Å². The summed E-state index contributed by atoms with van der Waals surface area (Å²) in [5, 5.41) is 3.03. The number of amides is 1. The van der Waals surface area contributed by atoms with Gasteiger partial charge in [0.05, 0.1) is 18.4 Å². The Kier molecular flexibility index (Phi) is 5.96. The molecule has 144 valence electrons. The molecule has 0 spiro atoms. The van der Waals surface area contributed by atoms with E-state index >= 15 is 0 Å². The Labute approximate surface area is 168 Å². The maximum atomic E-state index is 12.8. The van der Waals surface area contributed by atoms with Gasteiger partial charge < -0.3 is 10.1 Å². The van der Waals surface area contributed by atoms with E-state index < -0.39 is 9.84 Å². The van der Waals surface area contributed by atoms with Crippen LogP contribution >= 0.6 is 11.6 Å². The summed E-state index contributed by atoms with van der Waals surface area (Å²) in [7, 11) is -2.37. The molecule has 0 aliphatic carbocycles. The van der Waals surface area contributed by atoms with Crippen LogP contribution in [-0.2, 0) is 15.6 Å². The maximum absolute atomic E-state index is 12.8. The number of ether oxygens (including phenoxy) is 1. The highest BCUT2D eigenvalue weighted by Crippen LogP contribution is 2.29. The molecule has 0 aliphatic heterocycles. The van der Waals surface area contributed by atoms with Gasteiger partial charge in [-0.1, -0.05) is 29.8 Å². The molecule has 6 nitrogen and oxygen atoms in total. The molecule has 0 fully saturated rings. The van der Waals surface area contributed by atoms with Crippen LogP contribution < -0.4 is 10.1 Å². The fourth-order valence-corrected chi connectivity index (χ4v) is 4.36. The third kappa shape index (κ3) is 4.68. The lowest BCUT2D eigenvalue weighted by molar-refractivity contribution is 0.102. The molecule has 0 aliphatic rings. The van der Waals surface area contributed by atoms with Crippen LogP contribution in [0.4, 0.5) is 5.69 Å². The molecule has 0 saturated carbocycles. The molecular weight excluding hydrogens is 400 g/mol. The van der Waals surface area contributed by atoms with Crippen molar-refractivity contribution in [2.45, 2.75) is 10.6 Å². The highest BCUT2D eigenvalue weighted by molar-refractivity contribution is 7.90. The Morgan fingerprint density at radius 2 is 1.86 bits per heavy atom. The van der Waals surface area contributed by atoms with Gasteiger partial charge in [-0.2, -0.15) is 0 Å². The van der Waals surface area contributed by atoms with Crippen molar-refractivity contribution in [1.82, 2.24) is 4.98 Å². The number of pyridine rings is 1. The van der Waals surface area contributed by atoms with Gasteiger partial charge in [-0.05, 0) is 42.0 Å². The molecule has 28 heavy (non-hydrogen) atoms. The molecule has 0 unspecified atom stereocenters. The first-order chi connectivity index (χ1) is 13.4. The number of hydrogen-bond acceptors (Lipinski definition) is 5. The molecule has 3 rings (SSSR count). The molecule has 0 saturated heterocycles. The van der Waals surface area contributed by atoms with Gasteiger partial charge >= 0.3 is 0 Å². The van der Waals surface area contributed by atoms with Crippen molar-refractivity contribution in [3.05, 3.63) is 83.1 Å². The van der Waals surface area contributed by atoms with E-state index in [1.807, 2.05) is 6.07 Å². The number of nitrogens with one attached hydrogen (secondary N) is 1. The average Bonchev–Trinajstić information content (AvgIpc) is 2.68. The largest absolute Gasteiger partial charge is 0.495 e. The third-order valence-electron chi connectivity index (χ3n) is 3.91. The lowest BCUT2D eigenvalue weighted by atomic mass is 10.2. The number of hydrogen-bond donors (Lipinski definition) is 1. The van der Waals surface area contributed by atoms with Crippen LogP contribution in [0.15, 0.2) is 71.9 Å². The van der Waals surface area contributed by atoms with Crippen LogP contribution in [0.3, 0.4) is 0 Å². The van der Waals surface area contributed by atoms with E-state index in [-0.39, 0.29) is 32.9 Å². The van der Waals surface area contributed by atoms with E-state index in [4.69, 9.17) is 16.3 Å². The molecule has 1 amide bonds. The topological polar surface area (TPSA) is 85.4 Å². The number of carbonyl (C=O) groups excluding carboxylic acids is 1. The van der Waals surface area contributed by atoms with Gasteiger partial charge in [0, 0.05) is 23.1 Å². The summed E-state index contributed by atoms with van der Waals surface area (Å²) >= 11 is 5.94. The fourth-order valence-electron chi connectivity index (χ4n) is 2.61. The molecule has 0 atom stereocenters. The molecule has 8 heteroatoms. The number of sulfone groups is 1. The Balaban J connectivity index is 1.84. The monoisotopic (exact) mass is 416 g/mol. The second-order valence-corrected chi connectivity index (χ2v) is 8.35. The van der Waals surface area contributed by atoms with Crippen molar-refractivity contribution in [3.63, 3.8) is 0 Å². The first kappa shape index (κ1) is 19.9. The first-order valence-electron chi connectivity index (χ1n) is 8.25. The zero-order valence-corrected chi connectivity index (χ0v) is 16.5. The van der Waals surface area contributed by atoms with Crippen LogP contribution in [0.2, 0.25) is 5.02 Å². The van der Waals surface area contributed by atoms with E-state index in [9.17, 15) is 13.2 Å². The summed E-state index contributed by atoms with van der Waals surface area (Å²) in [6, 6.07) is 14.8. The number of anilines is 1. The van der Waals surface area contributed by atoms with Crippen molar-refractivity contribution < 1.29 is 17.9 Å². The normalized spacial score (nSPS) is 11.1. The average molecular weight is 417 g/mol. The number of methoxy groups -OCH3 is 1. The molecule has 1 N–H and O–H groups in total. The Morgan fingerprint density at radius 3 is 2.57 bits per heavy atom. The van der Waals surface area contributed by atoms with Crippen LogP contribution in [0, 0.1) is 0 Å². The summed E-state index contributed by atoms with van der Waals surface area (Å²) in [5.41, 5.74) is 1.27. The number of para-hydroxylation sites is 1. The third-order valence-corrected chi connectivity index (χ3v) is 5.84. The predicted molar refractivity (Wildman–Crippen MR) is 108 cm³/mol. The SMILES string of the molecule is COc1ccc(Cl)cc1S(=O)(=O)Cc1cncc(C(=O)Nc2ccccc2)c1. The van der Waals surface area contributed by atoms with Crippen molar-refractivity contribution in [1.29, 1.82) is 0 Å². The van der Waals surface area contributed by atoms with Crippen molar-refractivity contribution in [3.8, 4) is 5.75 Å². The number of rotatable bonds is 6. The van der Waals surface area contributed by atoms with Crippen molar-refractivity contribution in [2.75, 3.05) is 12.4 Å². The van der Waals surface area contributed by atoms with E-state index in [1.165, 1.54) is 37.7 Å². The predicted octanol–water partition coefficient (Wildman–Crippen LogP) is 3.97. The summed E-state index contributed by atoms with van der Waals surface area (Å²) in [6.07, 6.45) is 2.79. The Morgan fingerprint density at radius 1 is 1.11 bits per heavy atom.